The molecule has 57 heavy (non-hydrogen) atoms. The van der Waals surface area contributed by atoms with Gasteiger partial charge in [0.05, 0.1) is 5.69 Å². The van der Waals surface area contributed by atoms with E-state index >= 15 is 0 Å². The maximum absolute atomic E-state index is 6.57. The van der Waals surface area contributed by atoms with Gasteiger partial charge in [0.1, 0.15) is 11.2 Å². The molecule has 11 rings (SSSR count). The van der Waals surface area contributed by atoms with Gasteiger partial charge in [-0.2, -0.15) is 0 Å². The van der Waals surface area contributed by atoms with Crippen molar-refractivity contribution in [2.45, 2.75) is 0 Å². The summed E-state index contributed by atoms with van der Waals surface area (Å²) in [4.78, 5) is 2.46. The molecule has 2 heterocycles. The van der Waals surface area contributed by atoms with Crippen LogP contribution in [0.4, 0.5) is 17.1 Å². The van der Waals surface area contributed by atoms with Gasteiger partial charge in [0.15, 0.2) is 0 Å². The Morgan fingerprint density at radius 1 is 0.351 bits per heavy atom. The summed E-state index contributed by atoms with van der Waals surface area (Å²) in [6.45, 7) is 0. The van der Waals surface area contributed by atoms with E-state index < -0.39 is 0 Å². The molecule has 0 radical (unpaired) electrons. The zero-order chi connectivity index (χ0) is 37.7. The van der Waals surface area contributed by atoms with Crippen LogP contribution in [0.1, 0.15) is 0 Å². The Kier molecular flexibility index (Phi) is 8.04. The Morgan fingerprint density at radius 3 is 1.77 bits per heavy atom. The van der Waals surface area contributed by atoms with Crippen LogP contribution in [0.3, 0.4) is 0 Å². The fourth-order valence-electron chi connectivity index (χ4n) is 8.51. The van der Waals surface area contributed by atoms with Crippen LogP contribution in [0.2, 0.25) is 0 Å². The summed E-state index contributed by atoms with van der Waals surface area (Å²) >= 11 is 1.85. The standard InChI is InChI=1S/C54H35NOS/c1-3-16-36(17-4-1)41-22-7-8-25-46(41)53-42(37-18-5-2-6-19-37)26-15-29-49(53)55(40-32-33-52-48(35-40)45-24-10-12-31-51(45)57-52)39-21-13-20-38(34-39)43-27-14-28-47-44-23-9-11-30-50(44)56-54(43)47/h1-35H. The number of nitrogens with zero attached hydrogens (tertiary/aromatic N) is 1. The predicted molar refractivity (Wildman–Crippen MR) is 243 cm³/mol. The van der Waals surface area contributed by atoms with Crippen LogP contribution in [0.5, 0.6) is 0 Å². The number of para-hydroxylation sites is 2. The molecule has 0 aliphatic rings. The zero-order valence-electron chi connectivity index (χ0n) is 31.0. The molecule has 2 aromatic heterocycles. The van der Waals surface area contributed by atoms with E-state index in [0.29, 0.717) is 0 Å². The second-order valence-corrected chi connectivity index (χ2v) is 15.5. The number of thiophene rings is 1. The predicted octanol–water partition coefficient (Wildman–Crippen LogP) is 16.1. The Morgan fingerprint density at radius 2 is 0.930 bits per heavy atom. The second kappa shape index (κ2) is 13.8. The maximum atomic E-state index is 6.57. The minimum absolute atomic E-state index is 0.897. The highest BCUT2D eigenvalue weighted by Crippen LogP contribution is 2.49. The third-order valence-electron chi connectivity index (χ3n) is 11.1. The normalized spacial score (nSPS) is 11.5. The zero-order valence-corrected chi connectivity index (χ0v) is 31.8. The highest BCUT2D eigenvalue weighted by molar-refractivity contribution is 7.25. The summed E-state index contributed by atoms with van der Waals surface area (Å²) < 4.78 is 9.14. The van der Waals surface area contributed by atoms with Crippen molar-refractivity contribution >= 4 is 70.5 Å². The van der Waals surface area contributed by atoms with Crippen molar-refractivity contribution in [2.75, 3.05) is 4.90 Å². The van der Waals surface area contributed by atoms with Crippen molar-refractivity contribution in [3.05, 3.63) is 212 Å². The molecule has 2 nitrogen and oxygen atoms in total. The van der Waals surface area contributed by atoms with E-state index in [1.807, 2.05) is 17.4 Å². The fraction of sp³-hybridized carbons (Fsp3) is 0. The van der Waals surface area contributed by atoms with Gasteiger partial charge < -0.3 is 9.32 Å². The fourth-order valence-corrected chi connectivity index (χ4v) is 9.59. The third-order valence-corrected chi connectivity index (χ3v) is 12.2. The lowest BCUT2D eigenvalue weighted by Gasteiger charge is -2.30. The van der Waals surface area contributed by atoms with Gasteiger partial charge in [-0.15, -0.1) is 11.3 Å². The number of hydrogen-bond acceptors (Lipinski definition) is 3. The number of hydrogen-bond donors (Lipinski definition) is 0. The number of rotatable bonds is 7. The van der Waals surface area contributed by atoms with Gasteiger partial charge in [-0.25, -0.2) is 0 Å². The van der Waals surface area contributed by atoms with E-state index in [1.54, 1.807) is 0 Å². The minimum Gasteiger partial charge on any atom is -0.455 e. The van der Waals surface area contributed by atoms with E-state index in [1.165, 1.54) is 53.6 Å². The monoisotopic (exact) mass is 745 g/mol. The van der Waals surface area contributed by atoms with Crippen molar-refractivity contribution in [2.24, 2.45) is 0 Å². The number of fused-ring (bicyclic) bond motifs is 6. The smallest absolute Gasteiger partial charge is 0.143 e. The molecule has 9 aromatic carbocycles. The van der Waals surface area contributed by atoms with Crippen molar-refractivity contribution < 1.29 is 4.42 Å². The van der Waals surface area contributed by atoms with Crippen molar-refractivity contribution in [3.8, 4) is 44.5 Å². The first-order valence-corrected chi connectivity index (χ1v) is 20.2. The van der Waals surface area contributed by atoms with Crippen LogP contribution in [0.15, 0.2) is 217 Å². The summed E-state index contributed by atoms with van der Waals surface area (Å²) in [7, 11) is 0. The highest BCUT2D eigenvalue weighted by atomic mass is 32.1. The lowest BCUT2D eigenvalue weighted by molar-refractivity contribution is 0.670. The van der Waals surface area contributed by atoms with Gasteiger partial charge in [0.2, 0.25) is 0 Å². The third kappa shape index (κ3) is 5.71. The summed E-state index contributed by atoms with van der Waals surface area (Å²) in [5.74, 6) is 0. The molecule has 268 valence electrons. The topological polar surface area (TPSA) is 16.4 Å². The molecular weight excluding hydrogens is 711 g/mol. The summed E-state index contributed by atoms with van der Waals surface area (Å²) in [6, 6.07) is 76.5. The summed E-state index contributed by atoms with van der Waals surface area (Å²) in [6.07, 6.45) is 0. The Bertz CT molecular complexity index is 3250. The van der Waals surface area contributed by atoms with Crippen LogP contribution in [0, 0.1) is 0 Å². The molecule has 0 saturated carbocycles. The molecule has 3 heteroatoms. The molecule has 11 aromatic rings. The quantitative estimate of drug-likeness (QED) is 0.162. The largest absolute Gasteiger partial charge is 0.455 e. The van der Waals surface area contributed by atoms with Gasteiger partial charge in [-0.3, -0.25) is 0 Å². The van der Waals surface area contributed by atoms with Crippen molar-refractivity contribution in [1.82, 2.24) is 0 Å². The van der Waals surface area contributed by atoms with Crippen LogP contribution in [0.25, 0.3) is 86.6 Å². The first-order chi connectivity index (χ1) is 28.3. The lowest BCUT2D eigenvalue weighted by Crippen LogP contribution is -2.12. The molecule has 0 fully saturated rings. The Balaban J connectivity index is 1.20. The molecule has 0 aliphatic heterocycles. The molecular formula is C54H35NOS. The molecule has 0 atom stereocenters. The summed E-state index contributed by atoms with van der Waals surface area (Å²) in [5, 5.41) is 4.78. The molecule has 0 aliphatic carbocycles. The SMILES string of the molecule is c1ccc(-c2ccccc2-c2c(-c3ccccc3)cccc2N(c2cccc(-c3cccc4c3oc3ccccc34)c2)c2ccc3sc4ccccc4c3c2)cc1. The maximum Gasteiger partial charge on any atom is 0.143 e. The van der Waals surface area contributed by atoms with E-state index in [2.05, 4.69) is 211 Å². The minimum atomic E-state index is 0.897. The van der Waals surface area contributed by atoms with Crippen LogP contribution >= 0.6 is 11.3 Å². The summed E-state index contributed by atoms with van der Waals surface area (Å²) in [5.41, 5.74) is 14.3. The number of furan rings is 1. The van der Waals surface area contributed by atoms with Crippen LogP contribution in [-0.4, -0.2) is 0 Å². The van der Waals surface area contributed by atoms with E-state index in [4.69, 9.17) is 4.42 Å². The Hall–Kier alpha value is -7.20. The van der Waals surface area contributed by atoms with Crippen molar-refractivity contribution in [3.63, 3.8) is 0 Å². The van der Waals surface area contributed by atoms with Gasteiger partial charge >= 0.3 is 0 Å². The van der Waals surface area contributed by atoms with E-state index in [9.17, 15) is 0 Å². The van der Waals surface area contributed by atoms with Gasteiger partial charge in [0, 0.05) is 53.4 Å². The Labute approximate surface area is 335 Å². The molecule has 0 saturated heterocycles. The molecule has 0 spiro atoms. The van der Waals surface area contributed by atoms with E-state index in [-0.39, 0.29) is 0 Å². The van der Waals surface area contributed by atoms with E-state index in [0.717, 1.165) is 50.1 Å². The molecule has 0 amide bonds. The number of anilines is 3. The second-order valence-electron chi connectivity index (χ2n) is 14.4. The molecule has 0 bridgehead atoms. The average Bonchev–Trinajstić information content (AvgIpc) is 3.86. The first kappa shape index (κ1) is 33.2. The lowest BCUT2D eigenvalue weighted by atomic mass is 9.87. The van der Waals surface area contributed by atoms with Gasteiger partial charge in [-0.1, -0.05) is 164 Å². The van der Waals surface area contributed by atoms with Gasteiger partial charge in [-0.05, 0) is 81.9 Å². The highest BCUT2D eigenvalue weighted by Gasteiger charge is 2.24. The molecule has 0 N–H and O–H groups in total. The average molecular weight is 746 g/mol. The van der Waals surface area contributed by atoms with Crippen LogP contribution in [-0.2, 0) is 0 Å². The van der Waals surface area contributed by atoms with Gasteiger partial charge in [0.25, 0.3) is 0 Å². The first-order valence-electron chi connectivity index (χ1n) is 19.3. The van der Waals surface area contributed by atoms with Crippen molar-refractivity contribution in [1.29, 1.82) is 0 Å². The molecule has 0 unspecified atom stereocenters. The number of benzene rings is 9. The van der Waals surface area contributed by atoms with Crippen LogP contribution < -0.4 is 4.90 Å².